The van der Waals surface area contributed by atoms with Crippen LogP contribution in [-0.2, 0) is 6.61 Å². The first kappa shape index (κ1) is 10.5. The van der Waals surface area contributed by atoms with Gasteiger partial charge in [-0.3, -0.25) is 4.98 Å². The molecule has 0 atom stereocenters. The average Bonchev–Trinajstić information content (AvgIpc) is 2.29. The lowest BCUT2D eigenvalue weighted by Crippen LogP contribution is -1.99. The maximum absolute atomic E-state index is 13.2. The number of rotatable bonds is 3. The SMILES string of the molecule is Fc1ccc(OCc2ccccn2)c(F)c1. The van der Waals surface area contributed by atoms with Crippen molar-refractivity contribution in [1.29, 1.82) is 0 Å². The summed E-state index contributed by atoms with van der Waals surface area (Å²) in [5.74, 6) is -1.31. The first-order chi connectivity index (χ1) is 7.75. The Kier molecular flexibility index (Phi) is 3.10. The fourth-order valence-electron chi connectivity index (χ4n) is 1.23. The van der Waals surface area contributed by atoms with Crippen molar-refractivity contribution in [2.24, 2.45) is 0 Å². The van der Waals surface area contributed by atoms with E-state index in [1.165, 1.54) is 6.07 Å². The van der Waals surface area contributed by atoms with Gasteiger partial charge >= 0.3 is 0 Å². The van der Waals surface area contributed by atoms with E-state index in [0.29, 0.717) is 5.69 Å². The Morgan fingerprint density at radius 1 is 1.12 bits per heavy atom. The Bertz CT molecular complexity index is 474. The van der Waals surface area contributed by atoms with Gasteiger partial charge in [0.2, 0.25) is 0 Å². The third-order valence-corrected chi connectivity index (χ3v) is 2.00. The smallest absolute Gasteiger partial charge is 0.167 e. The topological polar surface area (TPSA) is 22.1 Å². The van der Waals surface area contributed by atoms with Crippen LogP contribution in [0.5, 0.6) is 5.75 Å². The molecule has 82 valence electrons. The Labute approximate surface area is 91.5 Å². The molecule has 1 aromatic carbocycles. The van der Waals surface area contributed by atoms with Gasteiger partial charge in [0.15, 0.2) is 11.6 Å². The van der Waals surface area contributed by atoms with Crippen LogP contribution in [0, 0.1) is 11.6 Å². The number of nitrogens with zero attached hydrogens (tertiary/aromatic N) is 1. The summed E-state index contributed by atoms with van der Waals surface area (Å²) in [5, 5.41) is 0. The first-order valence-corrected chi connectivity index (χ1v) is 4.73. The van der Waals surface area contributed by atoms with E-state index in [9.17, 15) is 8.78 Å². The van der Waals surface area contributed by atoms with E-state index in [0.717, 1.165) is 12.1 Å². The molecule has 1 heterocycles. The molecule has 2 nitrogen and oxygen atoms in total. The van der Waals surface area contributed by atoms with Gasteiger partial charge in [-0.1, -0.05) is 6.07 Å². The molecule has 2 rings (SSSR count). The van der Waals surface area contributed by atoms with Crippen LogP contribution < -0.4 is 4.74 Å². The maximum Gasteiger partial charge on any atom is 0.167 e. The summed E-state index contributed by atoms with van der Waals surface area (Å²) in [6.07, 6.45) is 1.62. The number of pyridine rings is 1. The molecule has 0 saturated heterocycles. The molecular weight excluding hydrogens is 212 g/mol. The molecule has 0 unspecified atom stereocenters. The van der Waals surface area contributed by atoms with Crippen LogP contribution in [0.4, 0.5) is 8.78 Å². The van der Waals surface area contributed by atoms with Crippen molar-refractivity contribution >= 4 is 0 Å². The summed E-state index contributed by atoms with van der Waals surface area (Å²) in [7, 11) is 0. The first-order valence-electron chi connectivity index (χ1n) is 4.73. The summed E-state index contributed by atoms with van der Waals surface area (Å²) in [6, 6.07) is 8.55. The molecule has 0 saturated carbocycles. The Balaban J connectivity index is 2.05. The highest BCUT2D eigenvalue weighted by molar-refractivity contribution is 5.24. The summed E-state index contributed by atoms with van der Waals surface area (Å²) < 4.78 is 30.9. The molecule has 0 aliphatic carbocycles. The maximum atomic E-state index is 13.2. The van der Waals surface area contributed by atoms with Crippen LogP contribution in [0.25, 0.3) is 0 Å². The van der Waals surface area contributed by atoms with Crippen molar-refractivity contribution in [3.63, 3.8) is 0 Å². The van der Waals surface area contributed by atoms with E-state index in [2.05, 4.69) is 4.98 Å². The zero-order valence-corrected chi connectivity index (χ0v) is 8.36. The van der Waals surface area contributed by atoms with Gasteiger partial charge < -0.3 is 4.74 Å². The fourth-order valence-corrected chi connectivity index (χ4v) is 1.23. The van der Waals surface area contributed by atoms with Crippen LogP contribution in [-0.4, -0.2) is 4.98 Å². The van der Waals surface area contributed by atoms with Gasteiger partial charge in [-0.15, -0.1) is 0 Å². The van der Waals surface area contributed by atoms with E-state index in [1.54, 1.807) is 18.3 Å². The molecule has 0 amide bonds. The second-order valence-electron chi connectivity index (χ2n) is 3.18. The van der Waals surface area contributed by atoms with Crippen molar-refractivity contribution in [3.05, 3.63) is 59.9 Å². The number of ether oxygens (including phenoxy) is 1. The minimum absolute atomic E-state index is 0.0204. The van der Waals surface area contributed by atoms with Gasteiger partial charge in [-0.25, -0.2) is 8.78 Å². The zero-order chi connectivity index (χ0) is 11.4. The monoisotopic (exact) mass is 221 g/mol. The van der Waals surface area contributed by atoms with Gasteiger partial charge in [-0.2, -0.15) is 0 Å². The van der Waals surface area contributed by atoms with Crippen molar-refractivity contribution < 1.29 is 13.5 Å². The molecule has 4 heteroatoms. The van der Waals surface area contributed by atoms with Gasteiger partial charge in [0.25, 0.3) is 0 Å². The van der Waals surface area contributed by atoms with Gasteiger partial charge in [0, 0.05) is 12.3 Å². The van der Waals surface area contributed by atoms with E-state index < -0.39 is 11.6 Å². The average molecular weight is 221 g/mol. The van der Waals surface area contributed by atoms with Crippen molar-refractivity contribution in [1.82, 2.24) is 4.98 Å². The van der Waals surface area contributed by atoms with Crippen molar-refractivity contribution in [2.45, 2.75) is 6.61 Å². The highest BCUT2D eigenvalue weighted by Crippen LogP contribution is 2.18. The molecule has 0 radical (unpaired) electrons. The highest BCUT2D eigenvalue weighted by Gasteiger charge is 2.04. The summed E-state index contributed by atoms with van der Waals surface area (Å²) in [4.78, 5) is 4.02. The molecule has 0 spiro atoms. The third kappa shape index (κ3) is 2.53. The van der Waals surface area contributed by atoms with Crippen LogP contribution in [0.1, 0.15) is 5.69 Å². The molecule has 0 bridgehead atoms. The quantitative estimate of drug-likeness (QED) is 0.795. The number of hydrogen-bond donors (Lipinski definition) is 0. The van der Waals surface area contributed by atoms with Crippen molar-refractivity contribution in [3.8, 4) is 5.75 Å². The van der Waals surface area contributed by atoms with Crippen LogP contribution in [0.2, 0.25) is 0 Å². The number of benzene rings is 1. The summed E-state index contributed by atoms with van der Waals surface area (Å²) >= 11 is 0. The van der Waals surface area contributed by atoms with Gasteiger partial charge in [0.1, 0.15) is 12.4 Å². The molecule has 16 heavy (non-hydrogen) atoms. The fraction of sp³-hybridized carbons (Fsp3) is 0.0833. The largest absolute Gasteiger partial charge is 0.484 e. The molecule has 0 fully saturated rings. The van der Waals surface area contributed by atoms with E-state index >= 15 is 0 Å². The highest BCUT2D eigenvalue weighted by atomic mass is 19.1. The van der Waals surface area contributed by atoms with Crippen LogP contribution in [0.15, 0.2) is 42.6 Å². The minimum Gasteiger partial charge on any atom is -0.484 e. The Hall–Kier alpha value is -1.97. The molecular formula is C12H9F2NO. The normalized spacial score (nSPS) is 10.1. The minimum atomic E-state index is -0.712. The van der Waals surface area contributed by atoms with E-state index in [4.69, 9.17) is 4.74 Å². The van der Waals surface area contributed by atoms with Crippen LogP contribution in [0.3, 0.4) is 0 Å². The Morgan fingerprint density at radius 2 is 2.00 bits per heavy atom. The predicted molar refractivity (Wildman–Crippen MR) is 54.9 cm³/mol. The van der Waals surface area contributed by atoms with Crippen LogP contribution >= 0.6 is 0 Å². The lowest BCUT2D eigenvalue weighted by atomic mass is 10.3. The zero-order valence-electron chi connectivity index (χ0n) is 8.36. The number of halogens is 2. The second kappa shape index (κ2) is 4.70. The van der Waals surface area contributed by atoms with Gasteiger partial charge in [0.05, 0.1) is 5.69 Å². The van der Waals surface area contributed by atoms with Crippen molar-refractivity contribution in [2.75, 3.05) is 0 Å². The number of aromatic nitrogens is 1. The molecule has 0 aliphatic rings. The molecule has 2 aromatic rings. The summed E-state index contributed by atoms with van der Waals surface area (Å²) in [5.41, 5.74) is 0.686. The molecule has 0 aliphatic heterocycles. The lowest BCUT2D eigenvalue weighted by molar-refractivity contribution is 0.285. The van der Waals surface area contributed by atoms with E-state index in [1.807, 2.05) is 6.07 Å². The molecule has 0 N–H and O–H groups in total. The second-order valence-corrected chi connectivity index (χ2v) is 3.18. The summed E-state index contributed by atoms with van der Waals surface area (Å²) in [6.45, 7) is 0.156. The van der Waals surface area contributed by atoms with Gasteiger partial charge in [-0.05, 0) is 24.3 Å². The van der Waals surface area contributed by atoms with E-state index in [-0.39, 0.29) is 12.4 Å². The standard InChI is InChI=1S/C12H9F2NO/c13-9-4-5-12(11(14)7-9)16-8-10-3-1-2-6-15-10/h1-7H,8H2. The Morgan fingerprint density at radius 3 is 2.69 bits per heavy atom. The molecule has 1 aromatic heterocycles. The third-order valence-electron chi connectivity index (χ3n) is 2.00. The number of hydrogen-bond acceptors (Lipinski definition) is 2. The lowest BCUT2D eigenvalue weighted by Gasteiger charge is -2.06. The predicted octanol–water partition coefficient (Wildman–Crippen LogP) is 2.94.